The van der Waals surface area contributed by atoms with Crippen LogP contribution in [-0.2, 0) is 0 Å². The second-order valence-electron chi connectivity index (χ2n) is 13.8. The molecule has 8 aromatic carbocycles. The number of nitrogens with zero attached hydrogens (tertiary/aromatic N) is 4. The molecule has 0 radical (unpaired) electrons. The van der Waals surface area contributed by atoms with Gasteiger partial charge in [-0.2, -0.15) is 0 Å². The number of rotatable bonds is 5. The van der Waals surface area contributed by atoms with Gasteiger partial charge in [-0.05, 0) is 63.0 Å². The van der Waals surface area contributed by atoms with Crippen molar-refractivity contribution in [1.29, 1.82) is 0 Å². The molecule has 0 fully saturated rings. The summed E-state index contributed by atoms with van der Waals surface area (Å²) in [6.45, 7) is 0. The van der Waals surface area contributed by atoms with Gasteiger partial charge in [0.1, 0.15) is 0 Å². The third kappa shape index (κ3) is 5.36. The lowest BCUT2D eigenvalue weighted by molar-refractivity contribution is 1.07. The van der Waals surface area contributed by atoms with Crippen LogP contribution in [0.25, 0.3) is 109 Å². The monoisotopic (exact) mass is 718 g/mol. The maximum absolute atomic E-state index is 5.51. The van der Waals surface area contributed by atoms with Crippen LogP contribution in [0.1, 0.15) is 0 Å². The summed E-state index contributed by atoms with van der Waals surface area (Å²) >= 11 is 1.84. The Bertz CT molecular complexity index is 3210. The van der Waals surface area contributed by atoms with E-state index in [0.29, 0.717) is 17.5 Å². The van der Waals surface area contributed by atoms with Gasteiger partial charge in [0.25, 0.3) is 0 Å². The molecule has 11 aromatic rings. The molecule has 256 valence electrons. The van der Waals surface area contributed by atoms with Crippen molar-refractivity contribution in [3.63, 3.8) is 0 Å². The van der Waals surface area contributed by atoms with E-state index in [-0.39, 0.29) is 0 Å². The Labute approximate surface area is 321 Å². The fourth-order valence-electron chi connectivity index (χ4n) is 7.86. The highest BCUT2D eigenvalue weighted by molar-refractivity contribution is 7.26. The molecule has 4 nitrogen and oxygen atoms in total. The third-order valence-electron chi connectivity index (χ3n) is 10.5. The summed E-state index contributed by atoms with van der Waals surface area (Å²) in [5.74, 6) is 1.93. The number of hydrogen-bond donors (Lipinski definition) is 0. The van der Waals surface area contributed by atoms with Gasteiger partial charge in [-0.25, -0.2) is 19.9 Å². The van der Waals surface area contributed by atoms with Gasteiger partial charge < -0.3 is 0 Å². The zero-order chi connectivity index (χ0) is 36.3. The van der Waals surface area contributed by atoms with E-state index in [1.807, 2.05) is 72.0 Å². The van der Waals surface area contributed by atoms with Crippen LogP contribution in [0, 0.1) is 0 Å². The molecular weight excluding hydrogens is 689 g/mol. The lowest BCUT2D eigenvalue weighted by Crippen LogP contribution is -2.00. The largest absolute Gasteiger partial charge is 0.247 e. The fourth-order valence-corrected chi connectivity index (χ4v) is 9.09. The normalized spacial score (nSPS) is 11.6. The van der Waals surface area contributed by atoms with Crippen molar-refractivity contribution in [3.8, 4) is 56.5 Å². The van der Waals surface area contributed by atoms with Crippen LogP contribution in [0.3, 0.4) is 0 Å². The van der Waals surface area contributed by atoms with Gasteiger partial charge in [0.15, 0.2) is 17.5 Å². The Hall–Kier alpha value is -7.08. The summed E-state index contributed by atoms with van der Waals surface area (Å²) in [6.07, 6.45) is 0. The number of benzene rings is 8. The Morgan fingerprint density at radius 3 is 1.65 bits per heavy atom. The Kier molecular flexibility index (Phi) is 7.32. The van der Waals surface area contributed by atoms with Crippen molar-refractivity contribution < 1.29 is 0 Å². The van der Waals surface area contributed by atoms with Gasteiger partial charge in [-0.1, -0.05) is 152 Å². The molecule has 3 heterocycles. The molecule has 0 aliphatic rings. The molecule has 0 amide bonds. The van der Waals surface area contributed by atoms with Crippen molar-refractivity contribution >= 4 is 64.0 Å². The number of fused-ring (bicyclic) bond motifs is 8. The molecular formula is C50H30N4S. The van der Waals surface area contributed by atoms with Gasteiger partial charge in [-0.3, -0.25) is 0 Å². The quantitative estimate of drug-likeness (QED) is 0.166. The predicted molar refractivity (Wildman–Crippen MR) is 230 cm³/mol. The SMILES string of the molecule is c1ccc(-c2nc(-c3ccccc3)nc(-c3cccc(-c4ccc5nc(-c6cc7ccccc7c7ccccc67)c6c7ccccc7sc6c5c4)c3)n2)cc1. The highest BCUT2D eigenvalue weighted by atomic mass is 32.1. The number of hydrogen-bond acceptors (Lipinski definition) is 5. The second kappa shape index (κ2) is 12.8. The third-order valence-corrected chi connectivity index (χ3v) is 11.7. The molecule has 5 heteroatoms. The van der Waals surface area contributed by atoms with Gasteiger partial charge in [0.05, 0.1) is 11.2 Å². The van der Waals surface area contributed by atoms with Gasteiger partial charge in [-0.15, -0.1) is 11.3 Å². The fraction of sp³-hybridized carbons (Fsp3) is 0. The second-order valence-corrected chi connectivity index (χ2v) is 14.9. The van der Waals surface area contributed by atoms with Crippen LogP contribution < -0.4 is 0 Å². The van der Waals surface area contributed by atoms with Crippen molar-refractivity contribution in [2.75, 3.05) is 0 Å². The molecule has 55 heavy (non-hydrogen) atoms. The lowest BCUT2D eigenvalue weighted by Gasteiger charge is -2.14. The van der Waals surface area contributed by atoms with Crippen LogP contribution in [0.15, 0.2) is 182 Å². The first kappa shape index (κ1) is 31.4. The average molecular weight is 719 g/mol. The van der Waals surface area contributed by atoms with E-state index in [1.165, 1.54) is 41.7 Å². The summed E-state index contributed by atoms with van der Waals surface area (Å²) in [7, 11) is 0. The molecule has 0 aliphatic carbocycles. The average Bonchev–Trinajstić information content (AvgIpc) is 3.66. The molecule has 0 aliphatic heterocycles. The van der Waals surface area contributed by atoms with Crippen LogP contribution in [0.4, 0.5) is 0 Å². The predicted octanol–water partition coefficient (Wildman–Crippen LogP) is 13.4. The van der Waals surface area contributed by atoms with Gasteiger partial charge in [0, 0.05) is 47.8 Å². The molecule has 0 bridgehead atoms. The smallest absolute Gasteiger partial charge is 0.164 e. The molecule has 0 N–H and O–H groups in total. The molecule has 3 aromatic heterocycles. The summed E-state index contributed by atoms with van der Waals surface area (Å²) < 4.78 is 2.50. The van der Waals surface area contributed by atoms with Gasteiger partial charge in [0.2, 0.25) is 0 Å². The zero-order valence-electron chi connectivity index (χ0n) is 29.5. The number of thiophene rings is 1. The minimum atomic E-state index is 0.635. The summed E-state index contributed by atoms with van der Waals surface area (Å²) in [6, 6.07) is 63.8. The van der Waals surface area contributed by atoms with E-state index in [1.54, 1.807) is 0 Å². The van der Waals surface area contributed by atoms with Crippen molar-refractivity contribution in [1.82, 2.24) is 19.9 Å². The summed E-state index contributed by atoms with van der Waals surface area (Å²) in [5.41, 5.74) is 8.18. The van der Waals surface area contributed by atoms with Crippen molar-refractivity contribution in [2.24, 2.45) is 0 Å². The van der Waals surface area contributed by atoms with Crippen LogP contribution >= 0.6 is 11.3 Å². The van der Waals surface area contributed by atoms with Gasteiger partial charge >= 0.3 is 0 Å². The first-order chi connectivity index (χ1) is 27.2. The molecule has 0 spiro atoms. The van der Waals surface area contributed by atoms with Crippen molar-refractivity contribution in [3.05, 3.63) is 182 Å². The Balaban J connectivity index is 1.10. The minimum absolute atomic E-state index is 0.635. The van der Waals surface area contributed by atoms with E-state index in [4.69, 9.17) is 19.9 Å². The Morgan fingerprint density at radius 2 is 0.909 bits per heavy atom. The molecule has 0 atom stereocenters. The minimum Gasteiger partial charge on any atom is -0.247 e. The highest BCUT2D eigenvalue weighted by Crippen LogP contribution is 2.46. The first-order valence-corrected chi connectivity index (χ1v) is 19.2. The van der Waals surface area contributed by atoms with E-state index in [2.05, 4.69) is 121 Å². The lowest BCUT2D eigenvalue weighted by atomic mass is 9.93. The maximum Gasteiger partial charge on any atom is 0.164 e. The van der Waals surface area contributed by atoms with E-state index < -0.39 is 0 Å². The molecule has 0 unspecified atom stereocenters. The molecule has 0 saturated heterocycles. The standard InChI is InChI=1S/C50H30N4S/c1-3-14-31(15-4-1)48-52-49(32-16-5-2-6-17-32)54-50(53-48)36-20-13-19-33(28-36)34-26-27-43-42(29-34)47-45(40-24-11-12-25-44(40)55-47)46(51-43)41-30-35-18-7-8-21-37(35)38-22-9-10-23-39(38)41/h1-30H. The summed E-state index contributed by atoms with van der Waals surface area (Å²) in [5, 5.41) is 8.50. The highest BCUT2D eigenvalue weighted by Gasteiger charge is 2.20. The number of pyridine rings is 1. The zero-order valence-corrected chi connectivity index (χ0v) is 30.3. The first-order valence-electron chi connectivity index (χ1n) is 18.4. The Morgan fingerprint density at radius 1 is 0.345 bits per heavy atom. The summed E-state index contributed by atoms with van der Waals surface area (Å²) in [4.78, 5) is 20.4. The number of aromatic nitrogens is 4. The molecule has 11 rings (SSSR count). The van der Waals surface area contributed by atoms with Crippen LogP contribution in [-0.4, -0.2) is 19.9 Å². The van der Waals surface area contributed by atoms with E-state index in [9.17, 15) is 0 Å². The van der Waals surface area contributed by atoms with E-state index >= 15 is 0 Å². The van der Waals surface area contributed by atoms with Crippen LogP contribution in [0.5, 0.6) is 0 Å². The van der Waals surface area contributed by atoms with E-state index in [0.717, 1.165) is 50.0 Å². The van der Waals surface area contributed by atoms with Crippen LogP contribution in [0.2, 0.25) is 0 Å². The topological polar surface area (TPSA) is 51.6 Å². The maximum atomic E-state index is 5.51. The van der Waals surface area contributed by atoms with Crippen molar-refractivity contribution in [2.45, 2.75) is 0 Å². The molecule has 0 saturated carbocycles.